The molecule has 1 aromatic rings. The van der Waals surface area contributed by atoms with Gasteiger partial charge in [-0.15, -0.1) is 0 Å². The molecular formula is C11H14BrNO2S. The van der Waals surface area contributed by atoms with Gasteiger partial charge in [-0.1, -0.05) is 6.07 Å². The summed E-state index contributed by atoms with van der Waals surface area (Å²) in [5, 5.41) is 12.3. The molecule has 1 rings (SSSR count). The molecule has 1 aromatic carbocycles. The van der Waals surface area contributed by atoms with Crippen molar-refractivity contribution in [2.75, 3.05) is 17.3 Å². The van der Waals surface area contributed by atoms with Crippen LogP contribution in [0.1, 0.15) is 17.3 Å². The lowest BCUT2D eigenvalue weighted by atomic mass is 10.1. The van der Waals surface area contributed by atoms with Gasteiger partial charge in [0.05, 0.1) is 11.3 Å². The number of carboxylic acids is 1. The first-order chi connectivity index (χ1) is 7.56. The van der Waals surface area contributed by atoms with E-state index >= 15 is 0 Å². The molecule has 5 heteroatoms. The van der Waals surface area contributed by atoms with Crippen molar-refractivity contribution in [3.8, 4) is 0 Å². The van der Waals surface area contributed by atoms with Crippen molar-refractivity contribution in [1.29, 1.82) is 0 Å². The maximum atomic E-state index is 11.1. The first-order valence-corrected chi connectivity index (χ1v) is 7.02. The van der Waals surface area contributed by atoms with E-state index in [-0.39, 0.29) is 11.6 Å². The molecule has 0 amide bonds. The normalized spacial score (nSPS) is 12.2. The predicted molar refractivity (Wildman–Crippen MR) is 72.6 cm³/mol. The molecule has 0 saturated carbocycles. The Bertz CT molecular complexity index is 384. The Kier molecular flexibility index (Phi) is 5.15. The Morgan fingerprint density at radius 3 is 2.88 bits per heavy atom. The quantitative estimate of drug-likeness (QED) is 0.876. The number of benzene rings is 1. The number of thioether (sulfide) groups is 1. The van der Waals surface area contributed by atoms with Crippen molar-refractivity contribution in [1.82, 2.24) is 0 Å². The highest BCUT2D eigenvalue weighted by molar-refractivity contribution is 9.10. The summed E-state index contributed by atoms with van der Waals surface area (Å²) in [6.07, 6.45) is 2.02. The molecule has 3 nitrogen and oxygen atoms in total. The van der Waals surface area contributed by atoms with Crippen molar-refractivity contribution < 1.29 is 9.90 Å². The van der Waals surface area contributed by atoms with Crippen molar-refractivity contribution in [2.45, 2.75) is 13.0 Å². The molecule has 1 unspecified atom stereocenters. The number of hydrogen-bond donors (Lipinski definition) is 2. The zero-order chi connectivity index (χ0) is 12.1. The maximum absolute atomic E-state index is 11.1. The van der Waals surface area contributed by atoms with Gasteiger partial charge in [-0.3, -0.25) is 0 Å². The third-order valence-corrected chi connectivity index (χ3v) is 3.54. The van der Waals surface area contributed by atoms with Crippen LogP contribution in [0.15, 0.2) is 22.7 Å². The zero-order valence-corrected chi connectivity index (χ0v) is 11.6. The second kappa shape index (κ2) is 6.15. The van der Waals surface area contributed by atoms with Crippen LogP contribution in [0.3, 0.4) is 0 Å². The molecule has 0 aliphatic rings. The lowest BCUT2D eigenvalue weighted by Gasteiger charge is -2.16. The summed E-state index contributed by atoms with van der Waals surface area (Å²) in [6, 6.07) is 5.58. The first kappa shape index (κ1) is 13.4. The van der Waals surface area contributed by atoms with E-state index in [9.17, 15) is 4.79 Å². The van der Waals surface area contributed by atoms with Crippen LogP contribution in [0, 0.1) is 0 Å². The number of halogens is 1. The van der Waals surface area contributed by atoms with Gasteiger partial charge in [-0.2, -0.15) is 11.8 Å². The molecule has 0 aromatic heterocycles. The van der Waals surface area contributed by atoms with Gasteiger partial charge in [0.2, 0.25) is 0 Å². The topological polar surface area (TPSA) is 49.3 Å². The van der Waals surface area contributed by atoms with Gasteiger partial charge in [-0.25, -0.2) is 4.79 Å². The summed E-state index contributed by atoms with van der Waals surface area (Å²) >= 11 is 4.98. The molecule has 16 heavy (non-hydrogen) atoms. The lowest BCUT2D eigenvalue weighted by Crippen LogP contribution is -2.19. The van der Waals surface area contributed by atoms with Crippen molar-refractivity contribution in [2.24, 2.45) is 0 Å². The van der Waals surface area contributed by atoms with Gasteiger partial charge in [0.25, 0.3) is 0 Å². The van der Waals surface area contributed by atoms with E-state index in [1.54, 1.807) is 23.9 Å². The van der Waals surface area contributed by atoms with E-state index in [0.717, 1.165) is 5.75 Å². The third-order valence-electron chi connectivity index (χ3n) is 2.05. The minimum atomic E-state index is -0.925. The van der Waals surface area contributed by atoms with Crippen LogP contribution in [-0.4, -0.2) is 29.1 Å². The summed E-state index contributed by atoms with van der Waals surface area (Å²) in [5.74, 6) is 0.0114. The van der Waals surface area contributed by atoms with Crippen LogP contribution in [0.5, 0.6) is 0 Å². The van der Waals surface area contributed by atoms with Crippen molar-refractivity contribution in [3.05, 3.63) is 28.2 Å². The van der Waals surface area contributed by atoms with Crippen molar-refractivity contribution >= 4 is 39.3 Å². The zero-order valence-electron chi connectivity index (χ0n) is 9.16. The minimum Gasteiger partial charge on any atom is -0.478 e. The number of carbonyl (C=O) groups is 1. The molecule has 88 valence electrons. The van der Waals surface area contributed by atoms with E-state index in [0.29, 0.717) is 10.2 Å². The molecule has 0 heterocycles. The summed E-state index contributed by atoms with van der Waals surface area (Å²) in [4.78, 5) is 11.1. The smallest absolute Gasteiger partial charge is 0.338 e. The summed E-state index contributed by atoms with van der Waals surface area (Å²) < 4.78 is 0.598. The van der Waals surface area contributed by atoms with Crippen molar-refractivity contribution in [3.63, 3.8) is 0 Å². The van der Waals surface area contributed by atoms with Crippen LogP contribution in [0.4, 0.5) is 5.69 Å². The fraction of sp³-hybridized carbons (Fsp3) is 0.364. The number of carboxylic acid groups (broad SMARTS) is 1. The lowest BCUT2D eigenvalue weighted by molar-refractivity contribution is 0.0697. The van der Waals surface area contributed by atoms with Gasteiger partial charge >= 0.3 is 5.97 Å². The van der Waals surface area contributed by atoms with E-state index in [1.807, 2.05) is 19.2 Å². The highest BCUT2D eigenvalue weighted by Crippen LogP contribution is 2.25. The van der Waals surface area contributed by atoms with Gasteiger partial charge in [0, 0.05) is 16.3 Å². The second-order valence-corrected chi connectivity index (χ2v) is 5.23. The number of rotatable bonds is 5. The summed E-state index contributed by atoms with van der Waals surface area (Å²) in [5.41, 5.74) is 0.943. The largest absolute Gasteiger partial charge is 0.478 e. The number of hydrogen-bond acceptors (Lipinski definition) is 3. The van der Waals surface area contributed by atoms with E-state index < -0.39 is 5.97 Å². The van der Waals surface area contributed by atoms with Gasteiger partial charge in [0.1, 0.15) is 0 Å². The van der Waals surface area contributed by atoms with Gasteiger partial charge in [-0.05, 0) is 41.2 Å². The van der Waals surface area contributed by atoms with Crippen LogP contribution in [-0.2, 0) is 0 Å². The minimum absolute atomic E-state index is 0.238. The Balaban J connectivity index is 2.95. The van der Waals surface area contributed by atoms with Gasteiger partial charge < -0.3 is 10.4 Å². The SMILES string of the molecule is CSCC(C)Nc1cccc(Br)c1C(=O)O. The highest BCUT2D eigenvalue weighted by atomic mass is 79.9. The molecule has 0 bridgehead atoms. The van der Waals surface area contributed by atoms with E-state index in [2.05, 4.69) is 21.2 Å². The second-order valence-electron chi connectivity index (χ2n) is 3.47. The van der Waals surface area contributed by atoms with Gasteiger partial charge in [0.15, 0.2) is 0 Å². The number of nitrogens with one attached hydrogen (secondary N) is 1. The number of aromatic carboxylic acids is 1. The molecule has 0 radical (unpaired) electrons. The molecule has 0 spiro atoms. The van der Waals surface area contributed by atoms with Crippen LogP contribution in [0.25, 0.3) is 0 Å². The fourth-order valence-corrected chi connectivity index (χ4v) is 2.54. The van der Waals surface area contributed by atoms with E-state index in [4.69, 9.17) is 5.11 Å². The monoisotopic (exact) mass is 303 g/mol. The number of anilines is 1. The Hall–Kier alpha value is -0.680. The third kappa shape index (κ3) is 3.42. The maximum Gasteiger partial charge on any atom is 0.338 e. The van der Waals surface area contributed by atoms with Crippen LogP contribution >= 0.6 is 27.7 Å². The predicted octanol–water partition coefficient (Wildman–Crippen LogP) is 3.31. The Morgan fingerprint density at radius 1 is 1.62 bits per heavy atom. The van der Waals surface area contributed by atoms with E-state index in [1.165, 1.54) is 0 Å². The first-order valence-electron chi connectivity index (χ1n) is 4.83. The molecule has 2 N–H and O–H groups in total. The summed E-state index contributed by atoms with van der Waals surface area (Å²) in [7, 11) is 0. The molecule has 0 aliphatic heterocycles. The molecule has 1 atom stereocenters. The Labute approximate surface area is 108 Å². The fourth-order valence-electron chi connectivity index (χ4n) is 1.42. The standard InChI is InChI=1S/C11H14BrNO2S/c1-7(6-16-2)13-9-5-3-4-8(12)10(9)11(14)15/h3-5,7,13H,6H2,1-2H3,(H,14,15). The average Bonchev–Trinajstić information content (AvgIpc) is 2.17. The van der Waals surface area contributed by atoms with Crippen LogP contribution < -0.4 is 5.32 Å². The molecular weight excluding hydrogens is 290 g/mol. The molecule has 0 saturated heterocycles. The highest BCUT2D eigenvalue weighted by Gasteiger charge is 2.14. The Morgan fingerprint density at radius 2 is 2.31 bits per heavy atom. The average molecular weight is 304 g/mol. The molecule has 0 fully saturated rings. The summed E-state index contributed by atoms with van der Waals surface area (Å²) in [6.45, 7) is 2.03. The molecule has 0 aliphatic carbocycles. The van der Waals surface area contributed by atoms with Crippen LogP contribution in [0.2, 0.25) is 0 Å².